The Hall–Kier alpha value is -1.22. The van der Waals surface area contributed by atoms with Crippen LogP contribution >= 0.6 is 0 Å². The summed E-state index contributed by atoms with van der Waals surface area (Å²) in [6.07, 6.45) is 3.39. The van der Waals surface area contributed by atoms with Crippen molar-refractivity contribution in [1.29, 1.82) is 0 Å². The van der Waals surface area contributed by atoms with Crippen molar-refractivity contribution in [2.45, 2.75) is 24.8 Å². The molecule has 1 saturated carbocycles. The fourth-order valence-corrected chi connectivity index (χ4v) is 2.26. The van der Waals surface area contributed by atoms with Gasteiger partial charge < -0.3 is 15.4 Å². The number of hydrogen-bond donors (Lipinski definition) is 1. The molecule has 0 aromatic heterocycles. The largest absolute Gasteiger partial charge is 0.491 e. The average Bonchev–Trinajstić information content (AvgIpc) is 3.04. The minimum absolute atomic E-state index is 0.0669. The van der Waals surface area contributed by atoms with Crippen molar-refractivity contribution in [1.82, 2.24) is 0 Å². The summed E-state index contributed by atoms with van der Waals surface area (Å²) in [5, 5.41) is 0. The molecular formula is C13H18N2O. The first kappa shape index (κ1) is 9.97. The van der Waals surface area contributed by atoms with Crippen molar-refractivity contribution >= 4 is 5.69 Å². The zero-order valence-electron chi connectivity index (χ0n) is 9.48. The lowest BCUT2D eigenvalue weighted by Gasteiger charge is -2.26. The molecule has 0 unspecified atom stereocenters. The number of nitrogens with two attached hydrogens (primary N) is 1. The van der Waals surface area contributed by atoms with Crippen LogP contribution in [-0.2, 0) is 0 Å². The van der Waals surface area contributed by atoms with Crippen LogP contribution in [0.1, 0.15) is 19.3 Å². The molecule has 1 aromatic carbocycles. The lowest BCUT2D eigenvalue weighted by Crippen LogP contribution is -2.39. The van der Waals surface area contributed by atoms with Gasteiger partial charge in [-0.1, -0.05) is 12.1 Å². The van der Waals surface area contributed by atoms with Gasteiger partial charge in [0.05, 0.1) is 12.3 Å². The predicted molar refractivity (Wildman–Crippen MR) is 64.9 cm³/mol. The lowest BCUT2D eigenvalue weighted by molar-refractivity contribution is 0.322. The van der Waals surface area contributed by atoms with Gasteiger partial charge in [0.15, 0.2) is 0 Å². The van der Waals surface area contributed by atoms with E-state index in [4.69, 9.17) is 10.5 Å². The third kappa shape index (κ3) is 1.87. The molecule has 1 fully saturated rings. The van der Waals surface area contributed by atoms with E-state index in [0.29, 0.717) is 0 Å². The molecule has 2 aliphatic rings. The summed E-state index contributed by atoms with van der Waals surface area (Å²) in [5.74, 6) is 1.00. The number of fused-ring (bicyclic) bond motifs is 1. The maximum absolute atomic E-state index is 6.20. The second kappa shape index (κ2) is 3.67. The average molecular weight is 218 g/mol. The molecule has 0 saturated heterocycles. The molecule has 3 heteroatoms. The van der Waals surface area contributed by atoms with Crippen molar-refractivity contribution in [3.05, 3.63) is 24.3 Å². The zero-order chi connectivity index (χ0) is 11.0. The molecule has 1 aliphatic heterocycles. The second-order valence-corrected chi connectivity index (χ2v) is 4.95. The van der Waals surface area contributed by atoms with Gasteiger partial charge in [-0.25, -0.2) is 0 Å². The number of para-hydroxylation sites is 2. The lowest BCUT2D eigenvalue weighted by atomic mass is 10.2. The molecule has 2 N–H and O–H groups in total. The number of benzene rings is 1. The Bertz CT molecular complexity index is 387. The fourth-order valence-electron chi connectivity index (χ4n) is 2.26. The van der Waals surface area contributed by atoms with Crippen LogP contribution in [0.15, 0.2) is 24.3 Å². The van der Waals surface area contributed by atoms with Gasteiger partial charge in [-0.05, 0) is 31.4 Å². The van der Waals surface area contributed by atoms with Crippen LogP contribution in [0.2, 0.25) is 0 Å². The van der Waals surface area contributed by atoms with Gasteiger partial charge in [0.2, 0.25) is 0 Å². The highest BCUT2D eigenvalue weighted by Crippen LogP contribution is 2.37. The summed E-state index contributed by atoms with van der Waals surface area (Å²) in [4.78, 5) is 2.38. The molecule has 1 aromatic rings. The molecule has 3 nitrogen and oxygen atoms in total. The van der Waals surface area contributed by atoms with Gasteiger partial charge in [-0.3, -0.25) is 0 Å². The van der Waals surface area contributed by atoms with Crippen LogP contribution in [0.25, 0.3) is 0 Å². The first-order valence-corrected chi connectivity index (χ1v) is 6.03. The molecule has 1 heterocycles. The molecule has 0 atom stereocenters. The Balaban J connectivity index is 1.87. The Labute approximate surface area is 96.2 Å². The quantitative estimate of drug-likeness (QED) is 0.822. The number of hydrogen-bond acceptors (Lipinski definition) is 3. The normalized spacial score (nSPS) is 21.9. The summed E-state index contributed by atoms with van der Waals surface area (Å²) in [6.45, 7) is 2.83. The summed E-state index contributed by atoms with van der Waals surface area (Å²) in [7, 11) is 0. The van der Waals surface area contributed by atoms with Crippen LogP contribution in [0.5, 0.6) is 5.75 Å². The van der Waals surface area contributed by atoms with E-state index in [0.717, 1.165) is 44.7 Å². The van der Waals surface area contributed by atoms with E-state index in [-0.39, 0.29) is 5.54 Å². The van der Waals surface area contributed by atoms with E-state index in [1.165, 1.54) is 5.69 Å². The summed E-state index contributed by atoms with van der Waals surface area (Å²) in [5.41, 5.74) is 7.48. The van der Waals surface area contributed by atoms with E-state index in [1.807, 2.05) is 12.1 Å². The molecule has 0 spiro atoms. The van der Waals surface area contributed by atoms with Crippen molar-refractivity contribution in [2.24, 2.45) is 5.73 Å². The monoisotopic (exact) mass is 218 g/mol. The van der Waals surface area contributed by atoms with E-state index >= 15 is 0 Å². The van der Waals surface area contributed by atoms with Gasteiger partial charge in [0, 0.05) is 18.6 Å². The topological polar surface area (TPSA) is 38.5 Å². The van der Waals surface area contributed by atoms with Gasteiger partial charge in [0.25, 0.3) is 0 Å². The van der Waals surface area contributed by atoms with E-state index < -0.39 is 0 Å². The molecule has 16 heavy (non-hydrogen) atoms. The number of nitrogens with zero attached hydrogens (tertiary/aromatic N) is 1. The highest BCUT2D eigenvalue weighted by Gasteiger charge is 2.40. The highest BCUT2D eigenvalue weighted by atomic mass is 16.5. The highest BCUT2D eigenvalue weighted by molar-refractivity contribution is 5.59. The van der Waals surface area contributed by atoms with Crippen LogP contribution in [0, 0.1) is 0 Å². The minimum atomic E-state index is 0.0669. The van der Waals surface area contributed by atoms with Crippen molar-refractivity contribution in [3.63, 3.8) is 0 Å². The van der Waals surface area contributed by atoms with Crippen molar-refractivity contribution in [2.75, 3.05) is 24.6 Å². The maximum atomic E-state index is 6.20. The number of rotatable bonds is 2. The maximum Gasteiger partial charge on any atom is 0.142 e. The summed E-state index contributed by atoms with van der Waals surface area (Å²) >= 11 is 0. The first-order chi connectivity index (χ1) is 7.77. The zero-order valence-corrected chi connectivity index (χ0v) is 9.48. The smallest absolute Gasteiger partial charge is 0.142 e. The third-order valence-corrected chi connectivity index (χ3v) is 3.43. The molecule has 0 bridgehead atoms. The molecule has 3 rings (SSSR count). The van der Waals surface area contributed by atoms with E-state index in [1.54, 1.807) is 0 Å². The van der Waals surface area contributed by atoms with Crippen LogP contribution < -0.4 is 15.4 Å². The predicted octanol–water partition coefficient (Wildman–Crippen LogP) is 1.77. The standard InChI is InChI=1S/C13H18N2O/c14-13(6-7-13)10-15-8-3-9-16-12-5-2-1-4-11(12)15/h1-2,4-5H,3,6-10,14H2. The Morgan fingerprint density at radius 3 is 2.94 bits per heavy atom. The molecule has 0 amide bonds. The van der Waals surface area contributed by atoms with Gasteiger partial charge >= 0.3 is 0 Å². The number of anilines is 1. The minimum Gasteiger partial charge on any atom is -0.491 e. The number of ether oxygens (including phenoxy) is 1. The SMILES string of the molecule is NC1(CN2CCCOc3ccccc32)CC1. The molecule has 86 valence electrons. The Morgan fingerprint density at radius 2 is 2.12 bits per heavy atom. The van der Waals surface area contributed by atoms with Crippen molar-refractivity contribution < 1.29 is 4.74 Å². The van der Waals surface area contributed by atoms with Gasteiger partial charge in [-0.2, -0.15) is 0 Å². The van der Waals surface area contributed by atoms with Gasteiger partial charge in [0.1, 0.15) is 5.75 Å². The van der Waals surface area contributed by atoms with Gasteiger partial charge in [-0.15, -0.1) is 0 Å². The van der Waals surface area contributed by atoms with E-state index in [9.17, 15) is 0 Å². The Kier molecular flexibility index (Phi) is 2.28. The molecule has 0 radical (unpaired) electrons. The summed E-state index contributed by atoms with van der Waals surface area (Å²) in [6, 6.07) is 8.27. The van der Waals surface area contributed by atoms with Crippen LogP contribution in [0.3, 0.4) is 0 Å². The molecule has 1 aliphatic carbocycles. The first-order valence-electron chi connectivity index (χ1n) is 6.03. The Morgan fingerprint density at radius 1 is 1.31 bits per heavy atom. The van der Waals surface area contributed by atoms with E-state index in [2.05, 4.69) is 17.0 Å². The van der Waals surface area contributed by atoms with Crippen molar-refractivity contribution in [3.8, 4) is 5.75 Å². The van der Waals surface area contributed by atoms with Crippen LogP contribution in [-0.4, -0.2) is 25.2 Å². The van der Waals surface area contributed by atoms with Crippen LogP contribution in [0.4, 0.5) is 5.69 Å². The fraction of sp³-hybridized carbons (Fsp3) is 0.538. The molecular weight excluding hydrogens is 200 g/mol. The summed E-state index contributed by atoms with van der Waals surface area (Å²) < 4.78 is 5.73. The third-order valence-electron chi connectivity index (χ3n) is 3.43. The second-order valence-electron chi connectivity index (χ2n) is 4.95.